The predicted octanol–water partition coefficient (Wildman–Crippen LogP) is 4.64. The molecule has 0 amide bonds. The van der Waals surface area contributed by atoms with Gasteiger partial charge >= 0.3 is 0 Å². The molecule has 0 aliphatic heterocycles. The molecule has 102 valence electrons. The Kier molecular flexibility index (Phi) is 11.1. The summed E-state index contributed by atoms with van der Waals surface area (Å²) in [7, 11) is 4.00. The number of aryl methyl sites for hydroxylation is 2. The van der Waals surface area contributed by atoms with Crippen LogP contribution >= 0.6 is 0 Å². The molecule has 18 heavy (non-hydrogen) atoms. The van der Waals surface area contributed by atoms with E-state index in [4.69, 9.17) is 0 Å². The Morgan fingerprint density at radius 2 is 0.889 bits per heavy atom. The van der Waals surface area contributed by atoms with Crippen molar-refractivity contribution in [2.24, 2.45) is 14.1 Å². The van der Waals surface area contributed by atoms with E-state index in [0.717, 1.165) is 0 Å². The second-order valence-electron chi connectivity index (χ2n) is 4.40. The highest BCUT2D eigenvalue weighted by Crippen LogP contribution is 1.95. The molecule has 2 rings (SSSR count). The molecule has 2 heterocycles. The van der Waals surface area contributed by atoms with E-state index in [1.54, 1.807) is 0 Å². The zero-order valence-electron chi connectivity index (χ0n) is 12.3. The standard InChI is InChI=1S/C6H14.2C5H7N/c1-3-5-6-4-2;2*1-6-4-2-3-5-6/h3-6H2,1-2H3;2*2-5H,1H3. The van der Waals surface area contributed by atoms with Gasteiger partial charge in [0.15, 0.2) is 0 Å². The lowest BCUT2D eigenvalue weighted by molar-refractivity contribution is 0.702. The van der Waals surface area contributed by atoms with Crippen LogP contribution in [-0.2, 0) is 14.1 Å². The maximum Gasteiger partial charge on any atom is 0.0106 e. The summed E-state index contributed by atoms with van der Waals surface area (Å²) < 4.78 is 4.00. The minimum atomic E-state index is 1.36. The quantitative estimate of drug-likeness (QED) is 0.700. The van der Waals surface area contributed by atoms with Crippen molar-refractivity contribution in [1.29, 1.82) is 0 Å². The molecular formula is C16H28N2. The van der Waals surface area contributed by atoms with Gasteiger partial charge < -0.3 is 9.13 Å². The van der Waals surface area contributed by atoms with Crippen molar-refractivity contribution in [2.75, 3.05) is 0 Å². The lowest BCUT2D eigenvalue weighted by Gasteiger charge is -1.86. The second-order valence-corrected chi connectivity index (χ2v) is 4.40. The molecule has 0 bridgehead atoms. The van der Waals surface area contributed by atoms with Crippen molar-refractivity contribution in [3.8, 4) is 0 Å². The van der Waals surface area contributed by atoms with Gasteiger partial charge in [-0.15, -0.1) is 0 Å². The van der Waals surface area contributed by atoms with Crippen molar-refractivity contribution >= 4 is 0 Å². The van der Waals surface area contributed by atoms with Gasteiger partial charge in [0, 0.05) is 38.9 Å². The first-order chi connectivity index (χ1) is 8.70. The van der Waals surface area contributed by atoms with E-state index in [2.05, 4.69) is 13.8 Å². The van der Waals surface area contributed by atoms with Crippen LogP contribution in [0.3, 0.4) is 0 Å². The minimum Gasteiger partial charge on any atom is -0.357 e. The molecule has 0 spiro atoms. The Labute approximate surface area is 112 Å². The number of nitrogens with zero attached hydrogens (tertiary/aromatic N) is 2. The molecule has 0 fully saturated rings. The van der Waals surface area contributed by atoms with Crippen molar-refractivity contribution in [3.05, 3.63) is 49.1 Å². The molecule has 2 nitrogen and oxygen atoms in total. The van der Waals surface area contributed by atoms with E-state index in [1.807, 2.05) is 72.3 Å². The summed E-state index contributed by atoms with van der Waals surface area (Å²) >= 11 is 0. The van der Waals surface area contributed by atoms with Crippen LogP contribution in [0.2, 0.25) is 0 Å². The minimum absolute atomic E-state index is 1.36. The highest BCUT2D eigenvalue weighted by atomic mass is 14.9. The summed E-state index contributed by atoms with van der Waals surface area (Å²) in [6.07, 6.45) is 13.5. The molecule has 0 aliphatic rings. The SMILES string of the molecule is CCCCCC.Cn1cccc1.Cn1cccc1. The lowest BCUT2D eigenvalue weighted by Crippen LogP contribution is -1.75. The molecule has 0 N–H and O–H groups in total. The fourth-order valence-electron chi connectivity index (χ4n) is 1.34. The Hall–Kier alpha value is -1.44. The van der Waals surface area contributed by atoms with Gasteiger partial charge in [0.1, 0.15) is 0 Å². The topological polar surface area (TPSA) is 9.86 Å². The van der Waals surface area contributed by atoms with Crippen molar-refractivity contribution in [3.63, 3.8) is 0 Å². The number of hydrogen-bond donors (Lipinski definition) is 0. The van der Waals surface area contributed by atoms with Crippen LogP contribution < -0.4 is 0 Å². The third-order valence-corrected chi connectivity index (χ3v) is 2.46. The lowest BCUT2D eigenvalue weighted by atomic mass is 10.2. The highest BCUT2D eigenvalue weighted by Gasteiger charge is 1.75. The predicted molar refractivity (Wildman–Crippen MR) is 80.6 cm³/mol. The van der Waals surface area contributed by atoms with E-state index in [9.17, 15) is 0 Å². The average molecular weight is 248 g/mol. The summed E-state index contributed by atoms with van der Waals surface area (Å²) in [5, 5.41) is 0. The largest absolute Gasteiger partial charge is 0.357 e. The fraction of sp³-hybridized carbons (Fsp3) is 0.500. The summed E-state index contributed by atoms with van der Waals surface area (Å²) in [5.41, 5.74) is 0. The van der Waals surface area contributed by atoms with E-state index in [0.29, 0.717) is 0 Å². The normalized spacial score (nSPS) is 8.89. The van der Waals surface area contributed by atoms with Crippen LogP contribution in [-0.4, -0.2) is 9.13 Å². The van der Waals surface area contributed by atoms with E-state index in [-0.39, 0.29) is 0 Å². The van der Waals surface area contributed by atoms with E-state index >= 15 is 0 Å². The molecule has 2 aromatic rings. The van der Waals surface area contributed by atoms with Crippen LogP contribution in [0.5, 0.6) is 0 Å². The molecule has 0 radical (unpaired) electrons. The van der Waals surface area contributed by atoms with Gasteiger partial charge in [-0.05, 0) is 24.3 Å². The Morgan fingerprint density at radius 1 is 0.611 bits per heavy atom. The summed E-state index contributed by atoms with van der Waals surface area (Å²) in [6.45, 7) is 4.46. The van der Waals surface area contributed by atoms with Crippen LogP contribution in [0.15, 0.2) is 49.1 Å². The van der Waals surface area contributed by atoms with Crippen LogP contribution in [0.1, 0.15) is 39.5 Å². The molecule has 0 saturated heterocycles. The Morgan fingerprint density at radius 3 is 1.00 bits per heavy atom. The Balaban J connectivity index is 0.000000241. The molecule has 2 aromatic heterocycles. The van der Waals surface area contributed by atoms with Gasteiger partial charge in [-0.25, -0.2) is 0 Å². The number of rotatable bonds is 3. The smallest absolute Gasteiger partial charge is 0.0106 e. The maximum atomic E-state index is 2.23. The first-order valence-corrected chi connectivity index (χ1v) is 6.84. The van der Waals surface area contributed by atoms with E-state index in [1.165, 1.54) is 25.7 Å². The zero-order chi connectivity index (χ0) is 13.6. The van der Waals surface area contributed by atoms with Gasteiger partial charge in [-0.2, -0.15) is 0 Å². The van der Waals surface area contributed by atoms with Gasteiger partial charge in [0.05, 0.1) is 0 Å². The summed E-state index contributed by atoms with van der Waals surface area (Å²) in [4.78, 5) is 0. The second kappa shape index (κ2) is 12.0. The zero-order valence-corrected chi connectivity index (χ0v) is 12.3. The Bertz CT molecular complexity index is 297. The number of hydrogen-bond acceptors (Lipinski definition) is 0. The molecule has 0 atom stereocenters. The average Bonchev–Trinajstić information content (AvgIpc) is 3.01. The number of aromatic nitrogens is 2. The van der Waals surface area contributed by atoms with E-state index < -0.39 is 0 Å². The third-order valence-electron chi connectivity index (χ3n) is 2.46. The van der Waals surface area contributed by atoms with Gasteiger partial charge in [0.25, 0.3) is 0 Å². The van der Waals surface area contributed by atoms with Gasteiger partial charge in [0.2, 0.25) is 0 Å². The van der Waals surface area contributed by atoms with Crippen molar-refractivity contribution in [2.45, 2.75) is 39.5 Å². The number of unbranched alkanes of at least 4 members (excludes halogenated alkanes) is 3. The van der Waals surface area contributed by atoms with Crippen LogP contribution in [0, 0.1) is 0 Å². The maximum absolute atomic E-state index is 2.23. The summed E-state index contributed by atoms with van der Waals surface area (Å²) in [5.74, 6) is 0. The third kappa shape index (κ3) is 11.1. The van der Waals surface area contributed by atoms with Crippen molar-refractivity contribution < 1.29 is 0 Å². The molecule has 0 aliphatic carbocycles. The highest BCUT2D eigenvalue weighted by molar-refractivity contribution is 4.88. The fourth-order valence-corrected chi connectivity index (χ4v) is 1.34. The first kappa shape index (κ1) is 16.6. The van der Waals surface area contributed by atoms with Crippen LogP contribution in [0.4, 0.5) is 0 Å². The molecule has 0 unspecified atom stereocenters. The molecule has 2 heteroatoms. The molecule has 0 saturated carbocycles. The van der Waals surface area contributed by atoms with Crippen molar-refractivity contribution in [1.82, 2.24) is 9.13 Å². The molecule has 0 aromatic carbocycles. The monoisotopic (exact) mass is 248 g/mol. The van der Waals surface area contributed by atoms with Gasteiger partial charge in [-0.1, -0.05) is 39.5 Å². The van der Waals surface area contributed by atoms with Gasteiger partial charge in [-0.3, -0.25) is 0 Å². The molecular weight excluding hydrogens is 220 g/mol. The first-order valence-electron chi connectivity index (χ1n) is 6.84. The van der Waals surface area contributed by atoms with Crippen LogP contribution in [0.25, 0.3) is 0 Å². The summed E-state index contributed by atoms with van der Waals surface area (Å²) in [6, 6.07) is 8.00.